The van der Waals surface area contributed by atoms with E-state index in [1.54, 1.807) is 12.3 Å². The van der Waals surface area contributed by atoms with Gasteiger partial charge in [-0.05, 0) is 128 Å². The Morgan fingerprint density at radius 3 is 1.03 bits per heavy atom. The molecule has 0 aliphatic rings. The summed E-state index contributed by atoms with van der Waals surface area (Å²) in [7, 11) is 0. The first-order valence-electron chi connectivity index (χ1n) is 21.5. The summed E-state index contributed by atoms with van der Waals surface area (Å²) in [5, 5.41) is 7.46. The molecule has 0 atom stereocenters. The van der Waals surface area contributed by atoms with Crippen LogP contribution in [0.2, 0.25) is 0 Å². The van der Waals surface area contributed by atoms with Crippen LogP contribution in [0.15, 0.2) is 140 Å². The smallest absolute Gasteiger partial charge is 0.397 e. The second kappa shape index (κ2) is 17.2. The summed E-state index contributed by atoms with van der Waals surface area (Å²) < 4.78 is 39.7. The fourth-order valence-corrected chi connectivity index (χ4v) is 7.40. The first-order valence-corrected chi connectivity index (χ1v) is 21.5. The van der Waals surface area contributed by atoms with Crippen molar-refractivity contribution >= 4 is 45.5 Å². The Hall–Kier alpha value is -6.15. The number of alkyl halides is 3. The highest BCUT2D eigenvalue weighted by Gasteiger charge is 2.33. The van der Waals surface area contributed by atoms with Crippen molar-refractivity contribution in [2.75, 3.05) is 9.80 Å². The van der Waals surface area contributed by atoms with Gasteiger partial charge in [0.2, 0.25) is 0 Å². The molecule has 0 spiro atoms. The van der Waals surface area contributed by atoms with Gasteiger partial charge in [0.25, 0.3) is 0 Å². The summed E-state index contributed by atoms with van der Waals surface area (Å²) in [5.41, 5.74) is 16.4. The third-order valence-electron chi connectivity index (χ3n) is 11.4. The van der Waals surface area contributed by atoms with Crippen LogP contribution in [0.4, 0.5) is 47.3 Å². The largest absolute Gasteiger partial charge is 0.432 e. The van der Waals surface area contributed by atoms with Gasteiger partial charge in [0, 0.05) is 45.9 Å². The highest BCUT2D eigenvalue weighted by molar-refractivity contribution is 6.01. The second-order valence-corrected chi connectivity index (χ2v) is 20.5. The van der Waals surface area contributed by atoms with Crippen molar-refractivity contribution < 1.29 is 13.2 Å². The van der Waals surface area contributed by atoms with E-state index in [9.17, 15) is 13.2 Å². The Kier molecular flexibility index (Phi) is 12.7. The van der Waals surface area contributed by atoms with Crippen LogP contribution in [-0.4, -0.2) is 16.9 Å². The molecule has 3 N–H and O–H groups in total. The summed E-state index contributed by atoms with van der Waals surface area (Å²) in [6.45, 7) is 26.5. The van der Waals surface area contributed by atoms with E-state index >= 15 is 0 Å². The number of allylic oxidation sites excluding steroid dienone is 1. The van der Waals surface area contributed by atoms with Crippen molar-refractivity contribution in [2.24, 2.45) is 5.73 Å². The number of anilines is 6. The molecule has 0 saturated carbocycles. The maximum atomic E-state index is 13.2. The Labute approximate surface area is 373 Å². The molecule has 0 saturated heterocycles. The Morgan fingerprint density at radius 1 is 0.460 bits per heavy atom. The summed E-state index contributed by atoms with van der Waals surface area (Å²) >= 11 is 0. The predicted molar refractivity (Wildman–Crippen MR) is 260 cm³/mol. The summed E-state index contributed by atoms with van der Waals surface area (Å²) in [5.74, 6) is 0. The van der Waals surface area contributed by atoms with Crippen molar-refractivity contribution in [1.29, 1.82) is 5.41 Å². The molecule has 5 nitrogen and oxygen atoms in total. The number of aromatic nitrogens is 1. The zero-order valence-corrected chi connectivity index (χ0v) is 38.8. The minimum Gasteiger partial charge on any atom is -0.397 e. The molecule has 63 heavy (non-hydrogen) atoms. The molecule has 6 rings (SSSR count). The number of rotatable bonds is 9. The van der Waals surface area contributed by atoms with E-state index < -0.39 is 11.9 Å². The predicted octanol–water partition coefficient (Wildman–Crippen LogP) is 15.8. The molecule has 0 unspecified atom stereocenters. The van der Waals surface area contributed by atoms with Gasteiger partial charge in [-0.2, -0.15) is 13.2 Å². The lowest BCUT2D eigenvalue weighted by Gasteiger charge is -2.32. The Balaban J connectivity index is 1.63. The van der Waals surface area contributed by atoms with Gasteiger partial charge in [-0.1, -0.05) is 138 Å². The van der Waals surface area contributed by atoms with Gasteiger partial charge in [0.15, 0.2) is 0 Å². The number of benzene rings is 5. The van der Waals surface area contributed by atoms with Crippen molar-refractivity contribution in [3.05, 3.63) is 168 Å². The lowest BCUT2D eigenvalue weighted by atomic mass is 9.86. The molecular weight excluding hydrogens is 788 g/mol. The van der Waals surface area contributed by atoms with Crippen LogP contribution in [0.3, 0.4) is 0 Å². The normalized spacial score (nSPS) is 12.9. The van der Waals surface area contributed by atoms with Crippen molar-refractivity contribution in [1.82, 2.24) is 4.98 Å². The molecule has 0 aliphatic heterocycles. The SMILES string of the molecule is CC(C)(C)c1ccc(N(c2ccc(C(C)(C)C)cc2)c2cc(-c3ccc(/C(N)=C/C(=N)C(F)(F)F)nc3)cc(N(c3ccc(C(C)(C)C)cc3)c3ccc(C(C)(C)C)cc3)c2)cc1. The van der Waals surface area contributed by atoms with Gasteiger partial charge in [0.1, 0.15) is 5.71 Å². The topological polar surface area (TPSA) is 69.2 Å². The number of hydrogen-bond acceptors (Lipinski definition) is 5. The number of nitrogens with one attached hydrogen (secondary N) is 1. The van der Waals surface area contributed by atoms with Crippen molar-refractivity contribution in [3.63, 3.8) is 0 Å². The molecule has 0 fully saturated rings. The lowest BCUT2D eigenvalue weighted by molar-refractivity contribution is -0.0584. The summed E-state index contributed by atoms with van der Waals surface area (Å²) in [6, 6.07) is 44.7. The Morgan fingerprint density at radius 2 is 0.778 bits per heavy atom. The second-order valence-electron chi connectivity index (χ2n) is 20.5. The van der Waals surface area contributed by atoms with Gasteiger partial charge < -0.3 is 15.5 Å². The van der Waals surface area contributed by atoms with Crippen LogP contribution < -0.4 is 15.5 Å². The van der Waals surface area contributed by atoms with Gasteiger partial charge >= 0.3 is 6.18 Å². The van der Waals surface area contributed by atoms with E-state index in [-0.39, 0.29) is 33.1 Å². The van der Waals surface area contributed by atoms with Crippen LogP contribution in [0.25, 0.3) is 16.8 Å². The number of nitrogens with two attached hydrogens (primary N) is 1. The number of halogens is 3. The average Bonchev–Trinajstić information content (AvgIpc) is 3.20. The maximum absolute atomic E-state index is 13.2. The quantitative estimate of drug-likeness (QED) is 0.142. The fraction of sp³-hybridized carbons (Fsp3) is 0.309. The third-order valence-corrected chi connectivity index (χ3v) is 11.4. The molecule has 6 aromatic rings. The van der Waals surface area contributed by atoms with E-state index in [1.165, 1.54) is 22.3 Å². The Bertz CT molecular complexity index is 2310. The van der Waals surface area contributed by atoms with Gasteiger partial charge in [0.05, 0.1) is 11.4 Å². The summed E-state index contributed by atoms with van der Waals surface area (Å²) in [4.78, 5) is 9.05. The van der Waals surface area contributed by atoms with Gasteiger partial charge in [-0.15, -0.1) is 0 Å². The van der Waals surface area contributed by atoms with E-state index in [1.807, 2.05) is 6.07 Å². The molecule has 328 valence electrons. The van der Waals surface area contributed by atoms with Crippen LogP contribution in [-0.2, 0) is 21.7 Å². The molecule has 0 amide bonds. The van der Waals surface area contributed by atoms with E-state index in [0.717, 1.165) is 45.3 Å². The van der Waals surface area contributed by atoms with Crippen LogP contribution in [0.1, 0.15) is 111 Å². The lowest BCUT2D eigenvalue weighted by Crippen LogP contribution is -2.20. The number of hydrogen-bond donors (Lipinski definition) is 2. The average molecular weight is 850 g/mol. The number of pyridine rings is 1. The molecule has 5 aromatic carbocycles. The molecule has 0 aliphatic carbocycles. The molecule has 0 bridgehead atoms. The molecule has 0 radical (unpaired) electrons. The minimum atomic E-state index is -4.82. The van der Waals surface area contributed by atoms with Crippen molar-refractivity contribution in [2.45, 2.75) is 111 Å². The zero-order valence-electron chi connectivity index (χ0n) is 38.8. The zero-order chi connectivity index (χ0) is 46.3. The fourth-order valence-electron chi connectivity index (χ4n) is 7.40. The van der Waals surface area contributed by atoms with Gasteiger partial charge in [-0.3, -0.25) is 10.4 Å². The minimum absolute atomic E-state index is 0.0405. The summed E-state index contributed by atoms with van der Waals surface area (Å²) in [6.07, 6.45) is -2.60. The van der Waals surface area contributed by atoms with Crippen LogP contribution >= 0.6 is 0 Å². The van der Waals surface area contributed by atoms with Gasteiger partial charge in [-0.25, -0.2) is 0 Å². The highest BCUT2D eigenvalue weighted by atomic mass is 19.4. The van der Waals surface area contributed by atoms with E-state index in [2.05, 4.69) is 213 Å². The molecule has 1 heterocycles. The van der Waals surface area contributed by atoms with E-state index in [0.29, 0.717) is 6.08 Å². The first-order chi connectivity index (χ1) is 29.2. The third kappa shape index (κ3) is 10.9. The highest BCUT2D eigenvalue weighted by Crippen LogP contribution is 2.44. The van der Waals surface area contributed by atoms with E-state index in [4.69, 9.17) is 11.1 Å². The number of nitrogens with zero attached hydrogens (tertiary/aromatic N) is 3. The molecule has 1 aromatic heterocycles. The van der Waals surface area contributed by atoms with Crippen LogP contribution in [0, 0.1) is 5.41 Å². The van der Waals surface area contributed by atoms with Crippen molar-refractivity contribution in [3.8, 4) is 11.1 Å². The maximum Gasteiger partial charge on any atom is 0.432 e. The molecule has 8 heteroatoms. The monoisotopic (exact) mass is 849 g/mol. The first kappa shape index (κ1) is 46.4. The standard InChI is InChI=1S/C55H62F3N5/c1-51(2,3)38-14-22-42(23-15-38)62(43-24-16-39(17-25-43)52(4,5)6)46-31-37(36-13-30-49(61-35-36)48(59)34-50(60)55(56,57)58)32-47(33-46)63(44-26-18-40(19-27-44)53(7,8)9)45-28-20-41(21-29-45)54(10,11)12/h13-35,60H,59H2,1-12H3/b48-34-,60-50?. The van der Waals surface area contributed by atoms with Crippen LogP contribution in [0.5, 0.6) is 0 Å². The molecular formula is C55H62F3N5.